The molecule has 3 heteroatoms. The first-order valence-electron chi connectivity index (χ1n) is 6.19. The third-order valence-corrected chi connectivity index (χ3v) is 4.34. The van der Waals surface area contributed by atoms with Gasteiger partial charge in [0.05, 0.1) is 0 Å². The van der Waals surface area contributed by atoms with Crippen LogP contribution in [0.4, 0.5) is 0 Å². The minimum Gasteiger partial charge on any atom is -0.281 e. The molecule has 20 heavy (non-hydrogen) atoms. The summed E-state index contributed by atoms with van der Waals surface area (Å²) in [5, 5.41) is 0.711. The molecule has 2 aromatic carbocycles. The smallest absolute Gasteiger partial charge is 0.224 e. The van der Waals surface area contributed by atoms with Gasteiger partial charge in [0.2, 0.25) is 5.12 Å². The Kier molecular flexibility index (Phi) is 3.77. The molecule has 2 aromatic rings. The number of benzene rings is 2. The molecule has 98 valence electrons. The molecule has 1 aliphatic rings. The van der Waals surface area contributed by atoms with Crippen LogP contribution in [0.15, 0.2) is 66.2 Å². The van der Waals surface area contributed by atoms with E-state index in [0.717, 1.165) is 16.0 Å². The number of thioether (sulfide) groups is 1. The van der Waals surface area contributed by atoms with E-state index in [4.69, 9.17) is 11.6 Å². The van der Waals surface area contributed by atoms with Crippen LogP contribution in [0.5, 0.6) is 0 Å². The highest BCUT2D eigenvalue weighted by molar-refractivity contribution is 8.22. The minimum atomic E-state index is 0.0590. The van der Waals surface area contributed by atoms with E-state index in [0.29, 0.717) is 10.6 Å². The van der Waals surface area contributed by atoms with Crippen molar-refractivity contribution in [2.45, 2.75) is 0 Å². The Morgan fingerprint density at radius 2 is 1.65 bits per heavy atom. The van der Waals surface area contributed by atoms with Crippen LogP contribution in [-0.2, 0) is 4.79 Å². The molecule has 0 aromatic heterocycles. The van der Waals surface area contributed by atoms with E-state index in [1.165, 1.54) is 11.8 Å². The van der Waals surface area contributed by atoms with Crippen molar-refractivity contribution >= 4 is 39.5 Å². The number of hydrogen-bond acceptors (Lipinski definition) is 2. The molecule has 0 aliphatic carbocycles. The molecular weight excluding hydrogens is 288 g/mol. The lowest BCUT2D eigenvalue weighted by Gasteiger charge is -1.97. The number of hydrogen-bond donors (Lipinski definition) is 0. The molecule has 1 aliphatic heterocycles. The van der Waals surface area contributed by atoms with Crippen LogP contribution in [0.25, 0.3) is 11.0 Å². The lowest BCUT2D eigenvalue weighted by Crippen LogP contribution is -1.87. The fourth-order valence-electron chi connectivity index (χ4n) is 1.99. The maximum atomic E-state index is 12.1. The zero-order chi connectivity index (χ0) is 13.9. The highest BCUT2D eigenvalue weighted by Gasteiger charge is 2.21. The van der Waals surface area contributed by atoms with E-state index in [2.05, 4.69) is 0 Å². The largest absolute Gasteiger partial charge is 0.281 e. The van der Waals surface area contributed by atoms with Gasteiger partial charge in [0.1, 0.15) is 0 Å². The molecule has 0 unspecified atom stereocenters. The first-order valence-corrected chi connectivity index (χ1v) is 7.39. The second kappa shape index (κ2) is 5.70. The first kappa shape index (κ1) is 13.2. The Labute approximate surface area is 127 Å². The van der Waals surface area contributed by atoms with E-state index in [1.807, 2.05) is 66.7 Å². The summed E-state index contributed by atoms with van der Waals surface area (Å²) in [7, 11) is 0. The van der Waals surface area contributed by atoms with Crippen LogP contribution in [0.2, 0.25) is 5.02 Å². The maximum absolute atomic E-state index is 12.1. The van der Waals surface area contributed by atoms with Gasteiger partial charge in [0, 0.05) is 15.5 Å². The number of carbonyl (C=O) groups is 1. The van der Waals surface area contributed by atoms with E-state index >= 15 is 0 Å². The van der Waals surface area contributed by atoms with Crippen LogP contribution in [-0.4, -0.2) is 5.12 Å². The molecule has 0 atom stereocenters. The van der Waals surface area contributed by atoms with Crippen LogP contribution in [0, 0.1) is 0 Å². The van der Waals surface area contributed by atoms with Gasteiger partial charge in [-0.1, -0.05) is 60.1 Å². The van der Waals surface area contributed by atoms with Gasteiger partial charge in [-0.15, -0.1) is 0 Å². The van der Waals surface area contributed by atoms with E-state index in [1.54, 1.807) is 0 Å². The van der Waals surface area contributed by atoms with Gasteiger partial charge in [-0.25, -0.2) is 0 Å². The molecule has 3 rings (SSSR count). The molecule has 1 nitrogen and oxygen atoms in total. The maximum Gasteiger partial charge on any atom is 0.224 e. The molecule has 0 N–H and O–H groups in total. The Hall–Kier alpha value is -1.77. The summed E-state index contributed by atoms with van der Waals surface area (Å²) < 4.78 is 0. The van der Waals surface area contributed by atoms with Gasteiger partial charge >= 0.3 is 0 Å². The molecule has 0 fully saturated rings. The van der Waals surface area contributed by atoms with Crippen LogP contribution in [0.1, 0.15) is 11.1 Å². The zero-order valence-corrected chi connectivity index (χ0v) is 12.1. The summed E-state index contributed by atoms with van der Waals surface area (Å²) in [5.41, 5.74) is 2.61. The highest BCUT2D eigenvalue weighted by atomic mass is 35.5. The third kappa shape index (κ3) is 2.72. The monoisotopic (exact) mass is 298 g/mol. The van der Waals surface area contributed by atoms with Gasteiger partial charge in [-0.05, 0) is 41.1 Å². The molecule has 0 saturated heterocycles. The quantitative estimate of drug-likeness (QED) is 0.723. The van der Waals surface area contributed by atoms with Crippen molar-refractivity contribution in [3.63, 3.8) is 0 Å². The van der Waals surface area contributed by atoms with Crippen molar-refractivity contribution in [3.8, 4) is 0 Å². The molecule has 0 spiro atoms. The van der Waals surface area contributed by atoms with Crippen LogP contribution >= 0.6 is 23.4 Å². The average molecular weight is 299 g/mol. The summed E-state index contributed by atoms with van der Waals surface area (Å²) in [6, 6.07) is 17.4. The van der Waals surface area contributed by atoms with Crippen LogP contribution in [0.3, 0.4) is 0 Å². The van der Waals surface area contributed by atoms with Crippen molar-refractivity contribution < 1.29 is 4.79 Å². The normalized spacial score (nSPS) is 16.6. The van der Waals surface area contributed by atoms with Crippen LogP contribution < -0.4 is 0 Å². The van der Waals surface area contributed by atoms with Crippen molar-refractivity contribution in [2.75, 3.05) is 0 Å². The van der Waals surface area contributed by atoms with Gasteiger partial charge in [-0.2, -0.15) is 0 Å². The van der Waals surface area contributed by atoms with Gasteiger partial charge < -0.3 is 0 Å². The summed E-state index contributed by atoms with van der Waals surface area (Å²) in [5.74, 6) is 0. The van der Waals surface area contributed by atoms with Crippen molar-refractivity contribution in [3.05, 3.63) is 82.4 Å². The standard InChI is InChI=1S/C17H11ClOS/c18-15-9-5-4-8-13(15)10-14-11-16(20-17(14)19)12-6-2-1-3-7-12/h1-11H/b14-10-. The Bertz CT molecular complexity index is 717. The van der Waals surface area contributed by atoms with Gasteiger partial charge in [-0.3, -0.25) is 4.79 Å². The molecule has 0 radical (unpaired) electrons. The lowest BCUT2D eigenvalue weighted by atomic mass is 10.1. The molecule has 0 amide bonds. The number of rotatable bonds is 2. The van der Waals surface area contributed by atoms with Gasteiger partial charge in [0.25, 0.3) is 0 Å². The third-order valence-electron chi connectivity index (χ3n) is 3.00. The minimum absolute atomic E-state index is 0.0590. The zero-order valence-electron chi connectivity index (χ0n) is 10.5. The summed E-state index contributed by atoms with van der Waals surface area (Å²) >= 11 is 7.38. The molecule has 0 bridgehead atoms. The SMILES string of the molecule is O=C1SC(c2ccccc2)=C/C1=C/c1ccccc1Cl. The second-order valence-electron chi connectivity index (χ2n) is 4.39. The highest BCUT2D eigenvalue weighted by Crippen LogP contribution is 2.38. The van der Waals surface area contributed by atoms with E-state index < -0.39 is 0 Å². The predicted octanol–water partition coefficient (Wildman–Crippen LogP) is 5.04. The van der Waals surface area contributed by atoms with E-state index in [-0.39, 0.29) is 5.12 Å². The molecule has 1 heterocycles. The molecule has 0 saturated carbocycles. The molecular formula is C17H11ClOS. The predicted molar refractivity (Wildman–Crippen MR) is 86.4 cm³/mol. The van der Waals surface area contributed by atoms with E-state index in [9.17, 15) is 4.79 Å². The Balaban J connectivity index is 1.97. The van der Waals surface area contributed by atoms with Crippen molar-refractivity contribution in [1.29, 1.82) is 0 Å². The van der Waals surface area contributed by atoms with Crippen molar-refractivity contribution in [1.82, 2.24) is 0 Å². The summed E-state index contributed by atoms with van der Waals surface area (Å²) in [6.07, 6.45) is 3.76. The second-order valence-corrected chi connectivity index (χ2v) is 5.81. The lowest BCUT2D eigenvalue weighted by molar-refractivity contribution is -0.107. The van der Waals surface area contributed by atoms with Crippen molar-refractivity contribution in [2.24, 2.45) is 0 Å². The number of halogens is 1. The average Bonchev–Trinajstić information content (AvgIpc) is 2.84. The number of carbonyl (C=O) groups excluding carboxylic acids is 1. The fraction of sp³-hybridized carbons (Fsp3) is 0. The topological polar surface area (TPSA) is 17.1 Å². The first-order chi connectivity index (χ1) is 9.74. The van der Waals surface area contributed by atoms with Gasteiger partial charge in [0.15, 0.2) is 0 Å². The Morgan fingerprint density at radius 1 is 0.950 bits per heavy atom. The fourth-order valence-corrected chi connectivity index (χ4v) is 3.06. The number of allylic oxidation sites excluding steroid dienone is 1. The summed E-state index contributed by atoms with van der Waals surface area (Å²) in [6.45, 7) is 0. The summed E-state index contributed by atoms with van der Waals surface area (Å²) in [4.78, 5) is 13.1. The Morgan fingerprint density at radius 3 is 2.40 bits per heavy atom.